The molecule has 2 N–H and O–H groups in total. The molecule has 0 spiro atoms. The number of aromatic nitrogens is 1. The molecular formula is C24H24ClFN2O5. The third-order valence-electron chi connectivity index (χ3n) is 5.11. The smallest absolute Gasteiger partial charge is 0.308 e. The topological polar surface area (TPSA) is 102 Å². The fraction of sp³-hybridized carbons (Fsp3) is 0.292. The number of rotatable bonds is 10. The van der Waals surface area contributed by atoms with Crippen molar-refractivity contribution in [3.8, 4) is 11.1 Å². The number of carboxylic acids is 1. The van der Waals surface area contributed by atoms with Crippen molar-refractivity contribution in [1.29, 1.82) is 0 Å². The first kappa shape index (κ1) is 24.4. The summed E-state index contributed by atoms with van der Waals surface area (Å²) in [7, 11) is 1.42. The molecule has 0 aliphatic heterocycles. The van der Waals surface area contributed by atoms with Gasteiger partial charge in [0.15, 0.2) is 0 Å². The lowest BCUT2D eigenvalue weighted by Gasteiger charge is -2.22. The molecule has 0 unspecified atom stereocenters. The minimum Gasteiger partial charge on any atom is -0.481 e. The number of hydrogen-bond acceptors (Lipinski definition) is 5. The quantitative estimate of drug-likeness (QED) is 0.448. The number of benzene rings is 2. The summed E-state index contributed by atoms with van der Waals surface area (Å²) in [5, 5.41) is 12.8. The molecule has 7 nitrogen and oxygen atoms in total. The summed E-state index contributed by atoms with van der Waals surface area (Å²) in [5.74, 6) is -2.36. The number of oxazole rings is 1. The molecule has 0 fully saturated rings. The number of aliphatic carboxylic acids is 1. The first-order valence-electron chi connectivity index (χ1n) is 10.3. The first-order chi connectivity index (χ1) is 15.8. The third-order valence-corrected chi connectivity index (χ3v) is 5.35. The molecule has 174 valence electrons. The Morgan fingerprint density at radius 1 is 1.24 bits per heavy atom. The van der Waals surface area contributed by atoms with E-state index in [0.29, 0.717) is 28.3 Å². The van der Waals surface area contributed by atoms with E-state index in [1.165, 1.54) is 25.4 Å². The molecule has 0 saturated carbocycles. The summed E-state index contributed by atoms with van der Waals surface area (Å²) < 4.78 is 24.5. The Morgan fingerprint density at radius 2 is 1.97 bits per heavy atom. The maximum absolute atomic E-state index is 14.2. The zero-order valence-electron chi connectivity index (χ0n) is 18.2. The van der Waals surface area contributed by atoms with Crippen LogP contribution < -0.4 is 5.32 Å². The van der Waals surface area contributed by atoms with Crippen molar-refractivity contribution in [3.63, 3.8) is 0 Å². The van der Waals surface area contributed by atoms with Crippen molar-refractivity contribution in [1.82, 2.24) is 10.3 Å². The van der Waals surface area contributed by atoms with Gasteiger partial charge in [-0.1, -0.05) is 35.9 Å². The van der Waals surface area contributed by atoms with Crippen LogP contribution >= 0.6 is 11.6 Å². The lowest BCUT2D eigenvalue weighted by atomic mass is 9.94. The van der Waals surface area contributed by atoms with E-state index in [1.54, 1.807) is 37.3 Å². The number of nitrogens with one attached hydrogen (secondary N) is 1. The van der Waals surface area contributed by atoms with Crippen molar-refractivity contribution in [3.05, 3.63) is 76.7 Å². The van der Waals surface area contributed by atoms with Gasteiger partial charge in [0.1, 0.15) is 11.6 Å². The third kappa shape index (κ3) is 6.63. The van der Waals surface area contributed by atoms with Crippen LogP contribution in [0.25, 0.3) is 11.1 Å². The van der Waals surface area contributed by atoms with E-state index in [2.05, 4.69) is 10.3 Å². The number of aryl methyl sites for hydroxylation is 1. The summed E-state index contributed by atoms with van der Waals surface area (Å²) >= 11 is 5.99. The van der Waals surface area contributed by atoms with Crippen molar-refractivity contribution in [2.24, 2.45) is 5.92 Å². The Morgan fingerprint density at radius 3 is 2.58 bits per heavy atom. The number of hydrogen-bond donors (Lipinski definition) is 2. The van der Waals surface area contributed by atoms with E-state index in [-0.39, 0.29) is 24.7 Å². The molecule has 0 saturated heterocycles. The number of amides is 1. The molecule has 0 aliphatic rings. The normalized spacial score (nSPS) is 12.8. The van der Waals surface area contributed by atoms with Gasteiger partial charge in [0.05, 0.1) is 18.7 Å². The zero-order valence-corrected chi connectivity index (χ0v) is 18.9. The number of carbonyl (C=O) groups is 2. The van der Waals surface area contributed by atoms with Crippen molar-refractivity contribution in [2.45, 2.75) is 25.8 Å². The molecule has 1 amide bonds. The molecule has 0 aliphatic carbocycles. The summed E-state index contributed by atoms with van der Waals surface area (Å²) in [4.78, 5) is 28.1. The number of nitrogens with zero attached hydrogens (tertiary/aromatic N) is 1. The van der Waals surface area contributed by atoms with Crippen LogP contribution in [0.4, 0.5) is 4.39 Å². The van der Waals surface area contributed by atoms with Gasteiger partial charge in [0.25, 0.3) is 5.89 Å². The van der Waals surface area contributed by atoms with Crippen LogP contribution in [0.15, 0.2) is 53.1 Å². The highest BCUT2D eigenvalue weighted by Gasteiger charge is 2.26. The number of halogens is 2. The van der Waals surface area contributed by atoms with Crippen LogP contribution in [0.3, 0.4) is 0 Å². The summed E-state index contributed by atoms with van der Waals surface area (Å²) in [5.41, 5.74) is 1.86. The highest BCUT2D eigenvalue weighted by atomic mass is 35.5. The average Bonchev–Trinajstić information content (AvgIpc) is 3.22. The van der Waals surface area contributed by atoms with E-state index < -0.39 is 23.8 Å². The minimum absolute atomic E-state index is 0.00674. The van der Waals surface area contributed by atoms with Crippen LogP contribution in [0.5, 0.6) is 0 Å². The SMILES string of the molecule is COC[C@H](C[C@@H](Cc1ccc(-c2cc(Cl)ccc2F)cc1)NC(=O)c1ncc(C)o1)C(=O)O. The summed E-state index contributed by atoms with van der Waals surface area (Å²) in [6, 6.07) is 10.9. The largest absolute Gasteiger partial charge is 0.481 e. The molecule has 9 heteroatoms. The Labute approximate surface area is 195 Å². The second-order valence-electron chi connectivity index (χ2n) is 7.70. The predicted octanol–water partition coefficient (Wildman–Crippen LogP) is 4.52. The summed E-state index contributed by atoms with van der Waals surface area (Å²) in [6.07, 6.45) is 1.92. The van der Waals surface area contributed by atoms with Gasteiger partial charge in [0.2, 0.25) is 0 Å². The predicted molar refractivity (Wildman–Crippen MR) is 121 cm³/mol. The Bertz CT molecular complexity index is 1120. The average molecular weight is 475 g/mol. The van der Waals surface area contributed by atoms with Gasteiger partial charge in [-0.2, -0.15) is 0 Å². The van der Waals surface area contributed by atoms with Gasteiger partial charge in [-0.3, -0.25) is 9.59 Å². The number of ether oxygens (including phenoxy) is 1. The fourth-order valence-electron chi connectivity index (χ4n) is 3.51. The minimum atomic E-state index is -1.02. The fourth-order valence-corrected chi connectivity index (χ4v) is 3.68. The highest BCUT2D eigenvalue weighted by molar-refractivity contribution is 6.30. The van der Waals surface area contributed by atoms with Gasteiger partial charge in [-0.05, 0) is 49.1 Å². The van der Waals surface area contributed by atoms with Crippen LogP contribution in [-0.2, 0) is 16.0 Å². The van der Waals surface area contributed by atoms with E-state index in [9.17, 15) is 19.1 Å². The first-order valence-corrected chi connectivity index (χ1v) is 10.6. The maximum atomic E-state index is 14.2. The number of methoxy groups -OCH3 is 1. The second kappa shape index (κ2) is 11.1. The van der Waals surface area contributed by atoms with Crippen LogP contribution in [0, 0.1) is 18.7 Å². The zero-order chi connectivity index (χ0) is 24.0. The lowest BCUT2D eigenvalue weighted by molar-refractivity contribution is -0.144. The number of carbonyl (C=O) groups excluding carboxylic acids is 1. The molecular weight excluding hydrogens is 451 g/mol. The Balaban J connectivity index is 1.80. The van der Waals surface area contributed by atoms with Crippen molar-refractivity contribution >= 4 is 23.5 Å². The van der Waals surface area contributed by atoms with Crippen LogP contribution in [0.1, 0.15) is 28.4 Å². The Hall–Kier alpha value is -3.23. The van der Waals surface area contributed by atoms with Crippen molar-refractivity contribution < 1.29 is 28.2 Å². The molecule has 1 aromatic heterocycles. The van der Waals surface area contributed by atoms with Crippen LogP contribution in [0.2, 0.25) is 5.02 Å². The Kier molecular flexibility index (Phi) is 8.19. The van der Waals surface area contributed by atoms with Gasteiger partial charge in [-0.25, -0.2) is 9.37 Å². The monoisotopic (exact) mass is 474 g/mol. The standard InChI is InChI=1S/C24H24ClFN2O5/c1-14-12-27-23(33-14)22(29)28-19(10-17(13-32-2)24(30)31)9-15-3-5-16(6-4-15)20-11-18(25)7-8-21(20)26/h3-8,11-12,17,19H,9-10,13H2,1-2H3,(H,28,29)(H,30,31)/t17-,19+/m0/s1. The molecule has 0 radical (unpaired) electrons. The lowest BCUT2D eigenvalue weighted by Crippen LogP contribution is -2.40. The maximum Gasteiger partial charge on any atom is 0.308 e. The molecule has 1 heterocycles. The van der Waals surface area contributed by atoms with E-state index in [4.69, 9.17) is 20.8 Å². The number of carboxylic acid groups (broad SMARTS) is 1. The molecule has 3 rings (SSSR count). The van der Waals surface area contributed by atoms with Gasteiger partial charge in [0, 0.05) is 23.7 Å². The second-order valence-corrected chi connectivity index (χ2v) is 8.13. The van der Waals surface area contributed by atoms with E-state index >= 15 is 0 Å². The molecule has 2 aromatic carbocycles. The van der Waals surface area contributed by atoms with Gasteiger partial charge < -0.3 is 19.6 Å². The van der Waals surface area contributed by atoms with Crippen molar-refractivity contribution in [2.75, 3.05) is 13.7 Å². The summed E-state index contributed by atoms with van der Waals surface area (Å²) in [6.45, 7) is 1.68. The van der Waals surface area contributed by atoms with Gasteiger partial charge in [-0.15, -0.1) is 0 Å². The van der Waals surface area contributed by atoms with E-state index in [1.807, 2.05) is 0 Å². The molecule has 33 heavy (non-hydrogen) atoms. The molecule has 3 aromatic rings. The molecule has 0 bridgehead atoms. The molecule has 2 atom stereocenters. The van der Waals surface area contributed by atoms with E-state index in [0.717, 1.165) is 5.56 Å². The van der Waals surface area contributed by atoms with Crippen LogP contribution in [-0.4, -0.2) is 41.7 Å². The highest BCUT2D eigenvalue weighted by Crippen LogP contribution is 2.27. The van der Waals surface area contributed by atoms with Gasteiger partial charge >= 0.3 is 11.9 Å².